The van der Waals surface area contributed by atoms with Crippen LogP contribution >= 0.6 is 0 Å². The molecule has 0 atom stereocenters. The van der Waals surface area contributed by atoms with E-state index in [4.69, 9.17) is 0 Å². The number of amides is 1. The van der Waals surface area contributed by atoms with Gasteiger partial charge in [-0.3, -0.25) is 4.79 Å². The Balaban J connectivity index is 1.64. The van der Waals surface area contributed by atoms with Crippen LogP contribution in [0.1, 0.15) is 21.6 Å². The van der Waals surface area contributed by atoms with E-state index in [-0.39, 0.29) is 29.7 Å². The van der Waals surface area contributed by atoms with Crippen LogP contribution in [0.3, 0.4) is 0 Å². The predicted molar refractivity (Wildman–Crippen MR) is 97.6 cm³/mol. The molecule has 3 rings (SSSR count). The number of benzene rings is 2. The molecule has 0 saturated carbocycles. The van der Waals surface area contributed by atoms with Crippen molar-refractivity contribution in [2.75, 3.05) is 7.05 Å². The molecule has 0 radical (unpaired) electrons. The Labute approximate surface area is 150 Å². The maximum Gasteiger partial charge on any atom is 0.267 e. The molecule has 1 heterocycles. The lowest BCUT2D eigenvalue weighted by molar-refractivity contribution is 0.0946. The Bertz CT molecular complexity index is 1040. The van der Waals surface area contributed by atoms with E-state index < -0.39 is 10.0 Å². The largest absolute Gasteiger partial charge is 0.350 e. The highest BCUT2D eigenvalue weighted by atomic mass is 32.2. The summed E-state index contributed by atoms with van der Waals surface area (Å²) in [5.41, 5.74) is 2.32. The van der Waals surface area contributed by atoms with Crippen molar-refractivity contribution in [1.29, 1.82) is 0 Å². The van der Waals surface area contributed by atoms with E-state index in [1.165, 1.54) is 19.2 Å². The fourth-order valence-electron chi connectivity index (χ4n) is 2.56. The second kappa shape index (κ2) is 7.27. The monoisotopic (exact) mass is 375 g/mol. The van der Waals surface area contributed by atoms with Crippen molar-refractivity contribution in [3.63, 3.8) is 0 Å². The molecule has 0 aliphatic rings. The molecule has 1 aromatic heterocycles. The Morgan fingerprint density at radius 3 is 2.46 bits per heavy atom. The lowest BCUT2D eigenvalue weighted by Crippen LogP contribution is -2.23. The Kier molecular flexibility index (Phi) is 5.06. The molecule has 0 aliphatic carbocycles. The number of hydrogen-bond acceptors (Lipinski definition) is 3. The second-order valence-electron chi connectivity index (χ2n) is 5.85. The molecule has 0 saturated heterocycles. The van der Waals surface area contributed by atoms with Gasteiger partial charge >= 0.3 is 0 Å². The van der Waals surface area contributed by atoms with Crippen LogP contribution in [0.2, 0.25) is 0 Å². The van der Waals surface area contributed by atoms with Gasteiger partial charge in [-0.15, -0.1) is 0 Å². The Morgan fingerprint density at radius 1 is 1.12 bits per heavy atom. The van der Waals surface area contributed by atoms with Crippen molar-refractivity contribution in [1.82, 2.24) is 15.0 Å². The summed E-state index contributed by atoms with van der Waals surface area (Å²) in [6.45, 7) is 0.274. The molecule has 2 aromatic carbocycles. The summed E-state index contributed by atoms with van der Waals surface area (Å²) in [5.74, 6) is -0.830. The number of aromatic nitrogens is 1. The van der Waals surface area contributed by atoms with E-state index in [1.54, 1.807) is 36.4 Å². The van der Waals surface area contributed by atoms with Crippen molar-refractivity contribution in [2.45, 2.75) is 12.3 Å². The highest BCUT2D eigenvalue weighted by Crippen LogP contribution is 2.18. The first-order chi connectivity index (χ1) is 12.4. The molecular formula is C18H18FN3O3S. The van der Waals surface area contributed by atoms with Gasteiger partial charge in [-0.25, -0.2) is 17.5 Å². The molecular weight excluding hydrogens is 357 g/mol. The van der Waals surface area contributed by atoms with E-state index >= 15 is 0 Å². The number of halogens is 1. The first-order valence-electron chi connectivity index (χ1n) is 7.92. The maximum absolute atomic E-state index is 13.7. The van der Waals surface area contributed by atoms with Crippen LogP contribution in [0.15, 0.2) is 48.5 Å². The van der Waals surface area contributed by atoms with Gasteiger partial charge < -0.3 is 10.3 Å². The smallest absolute Gasteiger partial charge is 0.267 e. The molecule has 0 fully saturated rings. The Morgan fingerprint density at radius 2 is 1.81 bits per heavy atom. The minimum Gasteiger partial charge on any atom is -0.350 e. The van der Waals surface area contributed by atoms with Crippen molar-refractivity contribution >= 4 is 26.8 Å². The highest BCUT2D eigenvalue weighted by Gasteiger charge is 2.12. The van der Waals surface area contributed by atoms with Crippen LogP contribution in [0.5, 0.6) is 0 Å². The second-order valence-corrected chi connectivity index (χ2v) is 7.77. The number of carbonyl (C=O) groups is 1. The van der Waals surface area contributed by atoms with Crippen LogP contribution < -0.4 is 10.0 Å². The number of H-pyrrole nitrogens is 1. The molecule has 136 valence electrons. The lowest BCUT2D eigenvalue weighted by atomic mass is 10.1. The molecule has 8 heteroatoms. The van der Waals surface area contributed by atoms with Crippen molar-refractivity contribution in [3.05, 3.63) is 71.2 Å². The zero-order valence-corrected chi connectivity index (χ0v) is 14.9. The quantitative estimate of drug-likeness (QED) is 0.617. The number of carbonyl (C=O) groups excluding carboxylic acids is 1. The van der Waals surface area contributed by atoms with Crippen LogP contribution in [-0.4, -0.2) is 26.4 Å². The minimum absolute atomic E-state index is 0.100. The number of nitrogens with one attached hydrogen (secondary N) is 3. The third-order valence-corrected chi connectivity index (χ3v) is 5.33. The topological polar surface area (TPSA) is 91.1 Å². The van der Waals surface area contributed by atoms with E-state index in [0.717, 1.165) is 5.56 Å². The lowest BCUT2D eigenvalue weighted by Gasteiger charge is -2.06. The van der Waals surface area contributed by atoms with E-state index in [2.05, 4.69) is 15.0 Å². The van der Waals surface area contributed by atoms with Crippen LogP contribution in [0.25, 0.3) is 10.9 Å². The van der Waals surface area contributed by atoms with E-state index in [9.17, 15) is 17.6 Å². The summed E-state index contributed by atoms with van der Waals surface area (Å²) in [6, 6.07) is 13.0. The molecule has 1 amide bonds. The van der Waals surface area contributed by atoms with E-state index in [1.807, 2.05) is 0 Å². The molecule has 0 spiro atoms. The highest BCUT2D eigenvalue weighted by molar-refractivity contribution is 7.88. The standard InChI is InChI=1S/C18H18FN3O3S/c1-20-26(24,25)11-13-7-5-12(6-8-13)10-21-18(23)17-9-14-15(19)3-2-4-16(14)22-17/h2-9,20,22H,10-11H2,1H3,(H,21,23). The van der Waals surface area contributed by atoms with Gasteiger partial charge in [0.15, 0.2) is 0 Å². The molecule has 6 nitrogen and oxygen atoms in total. The Hall–Kier alpha value is -2.71. The van der Waals surface area contributed by atoms with Crippen LogP contribution in [0.4, 0.5) is 4.39 Å². The molecule has 26 heavy (non-hydrogen) atoms. The average molecular weight is 375 g/mol. The zero-order valence-electron chi connectivity index (χ0n) is 14.0. The zero-order chi connectivity index (χ0) is 18.7. The first-order valence-corrected chi connectivity index (χ1v) is 9.57. The van der Waals surface area contributed by atoms with Gasteiger partial charge in [0.1, 0.15) is 11.5 Å². The maximum atomic E-state index is 13.7. The van der Waals surface area contributed by atoms with Gasteiger partial charge in [-0.1, -0.05) is 30.3 Å². The van der Waals surface area contributed by atoms with Gasteiger partial charge in [0.05, 0.1) is 5.75 Å². The predicted octanol–water partition coefficient (Wildman–Crippen LogP) is 2.29. The molecule has 0 unspecified atom stereocenters. The number of fused-ring (bicyclic) bond motifs is 1. The minimum atomic E-state index is -3.32. The number of sulfonamides is 1. The van der Waals surface area contributed by atoms with Crippen LogP contribution in [0, 0.1) is 5.82 Å². The number of rotatable bonds is 6. The van der Waals surface area contributed by atoms with Gasteiger partial charge in [0, 0.05) is 17.4 Å². The van der Waals surface area contributed by atoms with E-state index in [0.29, 0.717) is 16.5 Å². The van der Waals surface area contributed by atoms with Gasteiger partial charge in [0.2, 0.25) is 10.0 Å². The summed E-state index contributed by atoms with van der Waals surface area (Å²) in [4.78, 5) is 15.1. The third-order valence-electron chi connectivity index (χ3n) is 4.00. The first kappa shape index (κ1) is 18.1. The van der Waals surface area contributed by atoms with Crippen molar-refractivity contribution in [3.8, 4) is 0 Å². The van der Waals surface area contributed by atoms with Crippen molar-refractivity contribution in [2.24, 2.45) is 0 Å². The summed E-state index contributed by atoms with van der Waals surface area (Å²) in [5, 5.41) is 3.12. The summed E-state index contributed by atoms with van der Waals surface area (Å²) < 4.78 is 39.0. The molecule has 0 aliphatic heterocycles. The average Bonchev–Trinajstić information content (AvgIpc) is 3.06. The van der Waals surface area contributed by atoms with Gasteiger partial charge in [-0.2, -0.15) is 0 Å². The summed E-state index contributed by atoms with van der Waals surface area (Å²) >= 11 is 0. The fraction of sp³-hybridized carbons (Fsp3) is 0.167. The normalized spacial score (nSPS) is 11.6. The van der Waals surface area contributed by atoms with Crippen molar-refractivity contribution < 1.29 is 17.6 Å². The van der Waals surface area contributed by atoms with Gasteiger partial charge in [0.25, 0.3) is 5.91 Å². The number of aromatic amines is 1. The summed E-state index contributed by atoms with van der Waals surface area (Å²) in [6.07, 6.45) is 0. The SMILES string of the molecule is CNS(=O)(=O)Cc1ccc(CNC(=O)c2cc3c(F)cccc3[nH]2)cc1. The molecule has 3 aromatic rings. The van der Waals surface area contributed by atoms with Gasteiger partial charge in [-0.05, 0) is 36.4 Å². The fourth-order valence-corrected chi connectivity index (χ4v) is 3.34. The summed E-state index contributed by atoms with van der Waals surface area (Å²) in [7, 11) is -1.95. The van der Waals surface area contributed by atoms with Crippen LogP contribution in [-0.2, 0) is 22.3 Å². The molecule has 0 bridgehead atoms. The third kappa shape index (κ3) is 4.09. The number of hydrogen-bond donors (Lipinski definition) is 3. The molecule has 3 N–H and O–H groups in total.